The SMILES string of the molecule is CCC(=O)OC(=O)CC.[CaH2]. The molecular formula is C6H12CaO3. The summed E-state index contributed by atoms with van der Waals surface area (Å²) >= 11 is 0. The second kappa shape index (κ2) is 7.51. The van der Waals surface area contributed by atoms with Gasteiger partial charge in [0.1, 0.15) is 0 Å². The summed E-state index contributed by atoms with van der Waals surface area (Å²) < 4.78 is 4.27. The third-order valence-electron chi connectivity index (χ3n) is 0.805. The Morgan fingerprint density at radius 3 is 1.60 bits per heavy atom. The van der Waals surface area contributed by atoms with E-state index in [1.807, 2.05) is 0 Å². The molecule has 56 valence electrons. The van der Waals surface area contributed by atoms with Gasteiger partial charge < -0.3 is 4.74 Å². The second-order valence-electron chi connectivity index (χ2n) is 1.55. The van der Waals surface area contributed by atoms with E-state index in [0.717, 1.165) is 0 Å². The average Bonchev–Trinajstić information content (AvgIpc) is 1.87. The molecule has 0 rings (SSSR count). The average molecular weight is 172 g/mol. The zero-order chi connectivity index (χ0) is 7.28. The Labute approximate surface area is 90.1 Å². The van der Waals surface area contributed by atoms with Crippen molar-refractivity contribution in [3.05, 3.63) is 0 Å². The van der Waals surface area contributed by atoms with Gasteiger partial charge in [0.2, 0.25) is 0 Å². The van der Waals surface area contributed by atoms with E-state index < -0.39 is 11.9 Å². The van der Waals surface area contributed by atoms with Crippen molar-refractivity contribution in [1.29, 1.82) is 0 Å². The molecule has 0 heterocycles. The minimum absolute atomic E-state index is 0. The van der Waals surface area contributed by atoms with Crippen molar-refractivity contribution >= 4 is 49.7 Å². The Bertz CT molecular complexity index is 108. The van der Waals surface area contributed by atoms with E-state index in [1.54, 1.807) is 13.8 Å². The third-order valence-corrected chi connectivity index (χ3v) is 0.805. The van der Waals surface area contributed by atoms with E-state index in [9.17, 15) is 9.59 Å². The molecule has 0 saturated carbocycles. The molecule has 0 atom stereocenters. The molecule has 0 aliphatic heterocycles. The Morgan fingerprint density at radius 2 is 1.40 bits per heavy atom. The van der Waals surface area contributed by atoms with Crippen molar-refractivity contribution < 1.29 is 14.3 Å². The first-order valence-corrected chi connectivity index (χ1v) is 2.94. The Morgan fingerprint density at radius 1 is 1.10 bits per heavy atom. The van der Waals surface area contributed by atoms with E-state index in [2.05, 4.69) is 4.74 Å². The van der Waals surface area contributed by atoms with Gasteiger partial charge in [0.25, 0.3) is 0 Å². The van der Waals surface area contributed by atoms with Crippen molar-refractivity contribution in [3.63, 3.8) is 0 Å². The predicted octanol–water partition coefficient (Wildman–Crippen LogP) is -0.0400. The van der Waals surface area contributed by atoms with Crippen LogP contribution in [0.4, 0.5) is 0 Å². The molecule has 0 aliphatic rings. The van der Waals surface area contributed by atoms with Crippen LogP contribution in [0.15, 0.2) is 0 Å². The van der Waals surface area contributed by atoms with Crippen LogP contribution in [0.2, 0.25) is 0 Å². The summed E-state index contributed by atoms with van der Waals surface area (Å²) in [4.78, 5) is 20.7. The number of carbonyl (C=O) groups is 2. The molecule has 0 aromatic carbocycles. The molecule has 0 fully saturated rings. The van der Waals surface area contributed by atoms with Gasteiger partial charge >= 0.3 is 49.7 Å². The van der Waals surface area contributed by atoms with Crippen LogP contribution >= 0.6 is 0 Å². The number of hydrogen-bond donors (Lipinski definition) is 0. The number of esters is 2. The zero-order valence-corrected chi connectivity index (χ0v) is 5.64. The van der Waals surface area contributed by atoms with E-state index in [0.29, 0.717) is 0 Å². The van der Waals surface area contributed by atoms with Crippen LogP contribution < -0.4 is 0 Å². The Hall–Kier alpha value is 0.400. The number of carbonyl (C=O) groups excluding carboxylic acids is 2. The molecule has 0 saturated heterocycles. The van der Waals surface area contributed by atoms with Crippen LogP contribution in [-0.4, -0.2) is 49.7 Å². The summed E-state index contributed by atoms with van der Waals surface area (Å²) in [5, 5.41) is 0. The minimum atomic E-state index is -0.457. The van der Waals surface area contributed by atoms with Crippen LogP contribution in [0.25, 0.3) is 0 Å². The van der Waals surface area contributed by atoms with Crippen LogP contribution in [0.1, 0.15) is 26.7 Å². The molecular weight excluding hydrogens is 160 g/mol. The summed E-state index contributed by atoms with van der Waals surface area (Å²) in [5.74, 6) is -0.913. The van der Waals surface area contributed by atoms with Crippen LogP contribution in [0, 0.1) is 0 Å². The molecule has 0 radical (unpaired) electrons. The summed E-state index contributed by atoms with van der Waals surface area (Å²) in [7, 11) is 0. The maximum atomic E-state index is 10.3. The molecule has 0 unspecified atom stereocenters. The second-order valence-corrected chi connectivity index (χ2v) is 1.55. The molecule has 3 nitrogen and oxygen atoms in total. The molecule has 0 amide bonds. The van der Waals surface area contributed by atoms with E-state index in [1.165, 1.54) is 0 Å². The summed E-state index contributed by atoms with van der Waals surface area (Å²) in [5.41, 5.74) is 0. The summed E-state index contributed by atoms with van der Waals surface area (Å²) in [6, 6.07) is 0. The fourth-order valence-electron chi connectivity index (χ4n) is 0.271. The molecule has 0 aromatic rings. The van der Waals surface area contributed by atoms with Gasteiger partial charge in [-0.15, -0.1) is 0 Å². The van der Waals surface area contributed by atoms with E-state index in [4.69, 9.17) is 0 Å². The molecule has 0 N–H and O–H groups in total. The monoisotopic (exact) mass is 172 g/mol. The Kier molecular flexibility index (Phi) is 9.78. The first kappa shape index (κ1) is 13.0. The fourth-order valence-corrected chi connectivity index (χ4v) is 0.271. The number of rotatable bonds is 2. The topological polar surface area (TPSA) is 43.4 Å². The number of ether oxygens (including phenoxy) is 1. The van der Waals surface area contributed by atoms with Crippen molar-refractivity contribution in [3.8, 4) is 0 Å². The zero-order valence-electron chi connectivity index (χ0n) is 5.64. The first-order valence-electron chi connectivity index (χ1n) is 2.94. The van der Waals surface area contributed by atoms with Crippen LogP contribution in [0.3, 0.4) is 0 Å². The molecule has 0 bridgehead atoms. The first-order chi connectivity index (χ1) is 4.20. The third kappa shape index (κ3) is 6.52. The van der Waals surface area contributed by atoms with Crippen LogP contribution in [-0.2, 0) is 14.3 Å². The van der Waals surface area contributed by atoms with Gasteiger partial charge in [-0.2, -0.15) is 0 Å². The molecule has 0 spiro atoms. The standard InChI is InChI=1S/C6H10O3.Ca.2H/c1-3-5(7)9-6(8)4-2;;;/h3-4H2,1-2H3;;;. The van der Waals surface area contributed by atoms with Crippen LogP contribution in [0.5, 0.6) is 0 Å². The summed E-state index contributed by atoms with van der Waals surface area (Å²) in [6.07, 6.45) is 0.511. The fraction of sp³-hybridized carbons (Fsp3) is 0.667. The molecule has 0 aliphatic carbocycles. The molecule has 0 aromatic heterocycles. The normalized spacial score (nSPS) is 7.80. The van der Waals surface area contributed by atoms with E-state index in [-0.39, 0.29) is 50.6 Å². The maximum absolute atomic E-state index is 10.3. The number of hydrogen-bond acceptors (Lipinski definition) is 3. The van der Waals surface area contributed by atoms with Gasteiger partial charge in [-0.1, -0.05) is 13.8 Å². The van der Waals surface area contributed by atoms with Gasteiger partial charge in [0, 0.05) is 12.8 Å². The molecule has 10 heavy (non-hydrogen) atoms. The summed E-state index contributed by atoms with van der Waals surface area (Å²) in [6.45, 7) is 3.29. The van der Waals surface area contributed by atoms with Gasteiger partial charge in [0.05, 0.1) is 0 Å². The Balaban J connectivity index is 0. The van der Waals surface area contributed by atoms with Crippen molar-refractivity contribution in [2.75, 3.05) is 0 Å². The van der Waals surface area contributed by atoms with Crippen molar-refractivity contribution in [2.45, 2.75) is 26.7 Å². The van der Waals surface area contributed by atoms with Crippen molar-refractivity contribution in [1.82, 2.24) is 0 Å². The van der Waals surface area contributed by atoms with Gasteiger partial charge in [-0.25, -0.2) is 0 Å². The van der Waals surface area contributed by atoms with Gasteiger partial charge in [-0.05, 0) is 0 Å². The quantitative estimate of drug-likeness (QED) is 0.333. The van der Waals surface area contributed by atoms with Gasteiger partial charge in [0.15, 0.2) is 0 Å². The van der Waals surface area contributed by atoms with Gasteiger partial charge in [-0.3, -0.25) is 9.59 Å². The molecule has 4 heteroatoms. The van der Waals surface area contributed by atoms with Crippen molar-refractivity contribution in [2.24, 2.45) is 0 Å². The van der Waals surface area contributed by atoms with E-state index >= 15 is 0 Å². The predicted molar refractivity (Wildman–Crippen MR) is 40.2 cm³/mol.